The van der Waals surface area contributed by atoms with E-state index in [2.05, 4.69) is 27.8 Å². The molecule has 0 bridgehead atoms. The van der Waals surface area contributed by atoms with Crippen LogP contribution in [0.15, 0.2) is 36.9 Å². The van der Waals surface area contributed by atoms with E-state index < -0.39 is 71.3 Å². The highest BCUT2D eigenvalue weighted by Crippen LogP contribution is 2.32. The molecule has 1 aromatic rings. The Morgan fingerprint density at radius 3 is 2.28 bits per heavy atom. The maximum Gasteiger partial charge on any atom is 0.410 e. The second-order valence-corrected chi connectivity index (χ2v) is 15.7. The van der Waals surface area contributed by atoms with E-state index in [1.54, 1.807) is 32.6 Å². The van der Waals surface area contributed by atoms with Crippen molar-refractivity contribution in [2.45, 2.75) is 117 Å². The molecule has 0 spiro atoms. The summed E-state index contributed by atoms with van der Waals surface area (Å²) in [4.78, 5) is 96.8. The first-order chi connectivity index (χ1) is 25.0. The van der Waals surface area contributed by atoms with Crippen molar-refractivity contribution < 1.29 is 38.3 Å². The van der Waals surface area contributed by atoms with Crippen molar-refractivity contribution in [1.29, 1.82) is 0 Å². The number of Topliss-reactive ketones (excluding diaryl/α,β-unsaturated/α-hetero) is 2. The molecule has 1 aliphatic carbocycles. The minimum Gasteiger partial charge on any atom is -0.444 e. The average Bonchev–Trinajstić information content (AvgIpc) is 3.89. The molecule has 53 heavy (non-hydrogen) atoms. The summed E-state index contributed by atoms with van der Waals surface area (Å²) in [6.07, 6.45) is 2.77. The number of likely N-dealkylation sites (tertiary alicyclic amines) is 1. The lowest BCUT2D eigenvalue weighted by Crippen LogP contribution is -2.61. The largest absolute Gasteiger partial charge is 0.444 e. The van der Waals surface area contributed by atoms with Crippen molar-refractivity contribution in [2.24, 2.45) is 17.3 Å². The zero-order valence-corrected chi connectivity index (χ0v) is 31.9. The molecule has 2 heterocycles. The first-order valence-electron chi connectivity index (χ1n) is 18.7. The Hall–Kier alpha value is -4.75. The second-order valence-electron chi connectivity index (χ2n) is 15.7. The van der Waals surface area contributed by atoms with Crippen molar-refractivity contribution in [3.63, 3.8) is 0 Å². The standard InChI is InChI=1S/C39H56N6O8/c1-8-12-28(32(47)35(49)40-18-9-2)41-34(48)29-20-27(53-38(52)44-19-17-24-13-10-11-14-26(24)21-44)22-45(29)36(50)33(39(5,6)7)43-37(51)42-30(23(3)4)31(46)25-15-16-25/h9-11,13-14,23,25,27-30,33H,2,8,12,15-22H2,1,3-7H3,(H,40,49)(H,41,48)(H2,42,43,51)/t27-,28?,29+,30+,33-/m1/s1. The van der Waals surface area contributed by atoms with Crippen LogP contribution in [-0.2, 0) is 41.7 Å². The third-order valence-electron chi connectivity index (χ3n) is 9.97. The quantitative estimate of drug-likeness (QED) is 0.157. The Balaban J connectivity index is 1.56. The molecule has 4 N–H and O–H groups in total. The Morgan fingerprint density at radius 2 is 1.68 bits per heavy atom. The van der Waals surface area contributed by atoms with E-state index in [1.165, 1.54) is 11.0 Å². The van der Waals surface area contributed by atoms with Gasteiger partial charge in [0.05, 0.1) is 18.6 Å². The number of carbonyl (C=O) groups is 7. The van der Waals surface area contributed by atoms with E-state index in [1.807, 2.05) is 38.1 Å². The van der Waals surface area contributed by atoms with Gasteiger partial charge in [0, 0.05) is 32.0 Å². The van der Waals surface area contributed by atoms with Gasteiger partial charge >= 0.3 is 12.1 Å². The number of benzene rings is 1. The van der Waals surface area contributed by atoms with Gasteiger partial charge in [-0.05, 0) is 48.1 Å². The van der Waals surface area contributed by atoms with Crippen LogP contribution in [0.4, 0.5) is 9.59 Å². The lowest BCUT2D eigenvalue weighted by Gasteiger charge is -2.36. The summed E-state index contributed by atoms with van der Waals surface area (Å²) in [6.45, 7) is 15.0. The van der Waals surface area contributed by atoms with Gasteiger partial charge in [-0.15, -0.1) is 6.58 Å². The lowest BCUT2D eigenvalue weighted by molar-refractivity contribution is -0.143. The van der Waals surface area contributed by atoms with E-state index in [-0.39, 0.29) is 43.6 Å². The summed E-state index contributed by atoms with van der Waals surface area (Å²) in [5, 5.41) is 10.7. The second kappa shape index (κ2) is 17.8. The minimum atomic E-state index is -1.19. The Labute approximate surface area is 312 Å². The van der Waals surface area contributed by atoms with Crippen molar-refractivity contribution in [2.75, 3.05) is 19.6 Å². The first-order valence-corrected chi connectivity index (χ1v) is 18.7. The molecule has 1 saturated carbocycles. The zero-order chi connectivity index (χ0) is 39.0. The van der Waals surface area contributed by atoms with Gasteiger partial charge in [-0.1, -0.05) is 78.3 Å². The number of fused-ring (bicyclic) bond motifs is 1. The van der Waals surface area contributed by atoms with Crippen LogP contribution in [0.3, 0.4) is 0 Å². The molecule has 0 radical (unpaired) electrons. The maximum absolute atomic E-state index is 14.5. The molecule has 1 unspecified atom stereocenters. The van der Waals surface area contributed by atoms with Gasteiger partial charge in [0.1, 0.15) is 18.2 Å². The fourth-order valence-electron chi connectivity index (χ4n) is 6.80. The van der Waals surface area contributed by atoms with E-state index in [9.17, 15) is 33.6 Å². The van der Waals surface area contributed by atoms with Crippen molar-refractivity contribution in [3.05, 3.63) is 48.0 Å². The van der Waals surface area contributed by atoms with Gasteiger partial charge in [0.15, 0.2) is 5.78 Å². The number of nitrogens with zero attached hydrogens (tertiary/aromatic N) is 2. The number of hydrogen-bond acceptors (Lipinski definition) is 8. The van der Waals surface area contributed by atoms with Crippen LogP contribution >= 0.6 is 0 Å². The third-order valence-corrected chi connectivity index (χ3v) is 9.97. The summed E-state index contributed by atoms with van der Waals surface area (Å²) < 4.78 is 5.92. The number of carbonyl (C=O) groups excluding carboxylic acids is 7. The molecular formula is C39H56N6O8. The number of nitrogens with one attached hydrogen (secondary N) is 4. The highest BCUT2D eigenvalue weighted by molar-refractivity contribution is 6.38. The molecule has 290 valence electrons. The zero-order valence-electron chi connectivity index (χ0n) is 31.9. The highest BCUT2D eigenvalue weighted by Gasteiger charge is 2.47. The molecule has 0 aromatic heterocycles. The predicted octanol–water partition coefficient (Wildman–Crippen LogP) is 3.02. The fourth-order valence-corrected chi connectivity index (χ4v) is 6.80. The molecule has 4 rings (SSSR count). The molecule has 5 atom stereocenters. The molecule has 14 nitrogen and oxygen atoms in total. The predicted molar refractivity (Wildman–Crippen MR) is 197 cm³/mol. The minimum absolute atomic E-state index is 0.0405. The number of amides is 6. The van der Waals surface area contributed by atoms with Gasteiger partial charge in [-0.3, -0.25) is 24.0 Å². The van der Waals surface area contributed by atoms with Gasteiger partial charge in [0.25, 0.3) is 5.91 Å². The molecule has 14 heteroatoms. The normalized spacial score (nSPS) is 20.0. The summed E-state index contributed by atoms with van der Waals surface area (Å²) >= 11 is 0. The van der Waals surface area contributed by atoms with E-state index >= 15 is 0 Å². The number of ether oxygens (including phenoxy) is 1. The SMILES string of the molecule is C=CCNC(=O)C(=O)C(CCC)NC(=O)[C@@H]1C[C@@H](OC(=O)N2CCc3ccccc3C2)CN1C(=O)[C@@H](NC(=O)N[C@H](C(=O)C1CC1)C(C)C)C(C)(C)C. The van der Waals surface area contributed by atoms with Crippen LogP contribution in [-0.4, -0.2) is 101 Å². The molecule has 3 aliphatic rings. The van der Waals surface area contributed by atoms with Gasteiger partial charge < -0.3 is 35.8 Å². The molecular weight excluding hydrogens is 680 g/mol. The van der Waals surface area contributed by atoms with Gasteiger partial charge in [0.2, 0.25) is 17.6 Å². The number of rotatable bonds is 15. The molecule has 1 aromatic carbocycles. The lowest BCUT2D eigenvalue weighted by atomic mass is 9.85. The molecule has 2 fully saturated rings. The number of hydrogen-bond donors (Lipinski definition) is 4. The van der Waals surface area contributed by atoms with Crippen LogP contribution < -0.4 is 21.3 Å². The van der Waals surface area contributed by atoms with E-state index in [0.717, 1.165) is 24.0 Å². The molecule has 2 aliphatic heterocycles. The molecule has 1 saturated heterocycles. The summed E-state index contributed by atoms with van der Waals surface area (Å²) in [5.74, 6) is -3.30. The van der Waals surface area contributed by atoms with Crippen LogP contribution in [0.5, 0.6) is 0 Å². The molecule has 6 amide bonds. The fraction of sp³-hybridized carbons (Fsp3) is 0.615. The van der Waals surface area contributed by atoms with Crippen molar-refractivity contribution >= 4 is 41.4 Å². The topological polar surface area (TPSA) is 183 Å². The Kier molecular flexibility index (Phi) is 13.8. The summed E-state index contributed by atoms with van der Waals surface area (Å²) in [7, 11) is 0. The average molecular weight is 737 g/mol. The summed E-state index contributed by atoms with van der Waals surface area (Å²) in [6, 6.07) is 2.90. The smallest absolute Gasteiger partial charge is 0.410 e. The number of urea groups is 1. The first kappa shape index (κ1) is 41.0. The van der Waals surface area contributed by atoms with Crippen LogP contribution in [0.2, 0.25) is 0 Å². The Morgan fingerprint density at radius 1 is 1.00 bits per heavy atom. The van der Waals surface area contributed by atoms with Crippen LogP contribution in [0.1, 0.15) is 84.8 Å². The maximum atomic E-state index is 14.5. The van der Waals surface area contributed by atoms with Gasteiger partial charge in [-0.2, -0.15) is 0 Å². The van der Waals surface area contributed by atoms with E-state index in [0.29, 0.717) is 25.9 Å². The van der Waals surface area contributed by atoms with Crippen LogP contribution in [0.25, 0.3) is 0 Å². The summed E-state index contributed by atoms with van der Waals surface area (Å²) in [5.41, 5.74) is 1.31. The van der Waals surface area contributed by atoms with Crippen molar-refractivity contribution in [3.8, 4) is 0 Å². The van der Waals surface area contributed by atoms with Gasteiger partial charge in [-0.25, -0.2) is 9.59 Å². The monoisotopic (exact) mass is 736 g/mol. The highest BCUT2D eigenvalue weighted by atomic mass is 16.6. The third kappa shape index (κ3) is 10.7. The number of ketones is 2. The van der Waals surface area contributed by atoms with E-state index in [4.69, 9.17) is 4.74 Å². The van der Waals surface area contributed by atoms with Crippen molar-refractivity contribution in [1.82, 2.24) is 31.1 Å². The van der Waals surface area contributed by atoms with Crippen LogP contribution in [0, 0.1) is 17.3 Å². The Bertz CT molecular complexity index is 1570.